The second-order valence-electron chi connectivity index (χ2n) is 3.93. The van der Waals surface area contributed by atoms with E-state index in [9.17, 15) is 5.11 Å². The van der Waals surface area contributed by atoms with Gasteiger partial charge in [0.2, 0.25) is 0 Å². The van der Waals surface area contributed by atoms with E-state index in [0.29, 0.717) is 22.9 Å². The summed E-state index contributed by atoms with van der Waals surface area (Å²) in [7, 11) is 0. The average molecular weight is 286 g/mol. The lowest BCUT2D eigenvalue weighted by Crippen LogP contribution is -2.13. The third kappa shape index (κ3) is 2.33. The molecule has 1 fully saturated rings. The van der Waals surface area contributed by atoms with E-state index in [0.717, 1.165) is 13.0 Å². The lowest BCUT2D eigenvalue weighted by Gasteiger charge is -2.14. The van der Waals surface area contributed by atoms with Gasteiger partial charge in [0.25, 0.3) is 0 Å². The molecule has 1 aliphatic rings. The predicted molar refractivity (Wildman–Crippen MR) is 67.0 cm³/mol. The largest absolute Gasteiger partial charge is 0.503 e. The second-order valence-corrected chi connectivity index (χ2v) is 4.79. The van der Waals surface area contributed by atoms with Crippen molar-refractivity contribution < 1.29 is 9.84 Å². The highest BCUT2D eigenvalue weighted by molar-refractivity contribution is 9.10. The predicted octanol–water partition coefficient (Wildman–Crippen LogP) is 2.98. The summed E-state index contributed by atoms with van der Waals surface area (Å²) in [5, 5.41) is 13.2. The van der Waals surface area contributed by atoms with Gasteiger partial charge in [0.1, 0.15) is 0 Å². The first-order valence-corrected chi connectivity index (χ1v) is 6.40. The van der Waals surface area contributed by atoms with Gasteiger partial charge in [-0.05, 0) is 59.9 Å². The minimum atomic E-state index is 0.184. The van der Waals surface area contributed by atoms with Crippen LogP contribution in [0.15, 0.2) is 16.6 Å². The van der Waals surface area contributed by atoms with E-state index in [1.165, 1.54) is 12.0 Å². The molecule has 1 aliphatic heterocycles. The summed E-state index contributed by atoms with van der Waals surface area (Å²) < 4.78 is 6.11. The fraction of sp³-hybridized carbons (Fsp3) is 0.500. The standard InChI is InChI=1S/C12H16BrNO2/c1-2-16-11-7-8(6-9(13)12(11)15)10-4-3-5-14-10/h6-7,10,14-15H,2-5H2,1H3. The second kappa shape index (κ2) is 5.06. The van der Waals surface area contributed by atoms with E-state index in [-0.39, 0.29) is 5.75 Å². The minimum absolute atomic E-state index is 0.184. The normalized spacial score (nSPS) is 20.0. The van der Waals surface area contributed by atoms with Crippen molar-refractivity contribution in [3.63, 3.8) is 0 Å². The summed E-state index contributed by atoms with van der Waals surface area (Å²) in [6.45, 7) is 3.53. The first kappa shape index (κ1) is 11.7. The molecule has 16 heavy (non-hydrogen) atoms. The molecule has 1 aromatic carbocycles. The van der Waals surface area contributed by atoms with E-state index in [1.54, 1.807) is 0 Å². The molecule has 1 aromatic rings. The molecular weight excluding hydrogens is 270 g/mol. The first-order valence-electron chi connectivity index (χ1n) is 5.61. The number of benzene rings is 1. The number of aromatic hydroxyl groups is 1. The molecule has 2 N–H and O–H groups in total. The zero-order valence-electron chi connectivity index (χ0n) is 9.29. The van der Waals surface area contributed by atoms with Crippen LogP contribution >= 0.6 is 15.9 Å². The van der Waals surface area contributed by atoms with Crippen LogP contribution in [-0.4, -0.2) is 18.3 Å². The van der Waals surface area contributed by atoms with Crippen LogP contribution in [0, 0.1) is 0 Å². The number of hydrogen-bond donors (Lipinski definition) is 2. The molecule has 0 amide bonds. The average Bonchev–Trinajstić information content (AvgIpc) is 2.78. The Morgan fingerprint density at radius 3 is 3.00 bits per heavy atom. The van der Waals surface area contributed by atoms with Crippen molar-refractivity contribution in [1.82, 2.24) is 5.32 Å². The Morgan fingerprint density at radius 2 is 2.38 bits per heavy atom. The van der Waals surface area contributed by atoms with Gasteiger partial charge in [-0.1, -0.05) is 0 Å². The van der Waals surface area contributed by atoms with Crippen molar-refractivity contribution in [2.24, 2.45) is 0 Å². The topological polar surface area (TPSA) is 41.5 Å². The zero-order chi connectivity index (χ0) is 11.5. The first-order chi connectivity index (χ1) is 7.72. The fourth-order valence-electron chi connectivity index (χ4n) is 2.03. The number of phenolic OH excluding ortho intramolecular Hbond substituents is 1. The Labute approximate surface area is 104 Å². The van der Waals surface area contributed by atoms with Crippen LogP contribution in [-0.2, 0) is 0 Å². The van der Waals surface area contributed by atoms with Gasteiger partial charge in [-0.15, -0.1) is 0 Å². The number of hydrogen-bond acceptors (Lipinski definition) is 3. The highest BCUT2D eigenvalue weighted by atomic mass is 79.9. The van der Waals surface area contributed by atoms with Crippen LogP contribution < -0.4 is 10.1 Å². The minimum Gasteiger partial charge on any atom is -0.503 e. The third-order valence-electron chi connectivity index (χ3n) is 2.81. The Kier molecular flexibility index (Phi) is 3.71. The van der Waals surface area contributed by atoms with Gasteiger partial charge in [-0.2, -0.15) is 0 Å². The Bertz CT molecular complexity index is 376. The van der Waals surface area contributed by atoms with Gasteiger partial charge in [-0.25, -0.2) is 0 Å². The SMILES string of the molecule is CCOc1cc(C2CCCN2)cc(Br)c1O. The number of ether oxygens (including phenoxy) is 1. The maximum absolute atomic E-state index is 9.80. The fourth-order valence-corrected chi connectivity index (χ4v) is 2.49. The Hall–Kier alpha value is -0.740. The van der Waals surface area contributed by atoms with Gasteiger partial charge >= 0.3 is 0 Å². The summed E-state index contributed by atoms with van der Waals surface area (Å²) >= 11 is 3.36. The molecule has 0 spiro atoms. The van der Waals surface area contributed by atoms with Crippen molar-refractivity contribution >= 4 is 15.9 Å². The van der Waals surface area contributed by atoms with Crippen LogP contribution in [0.3, 0.4) is 0 Å². The van der Waals surface area contributed by atoms with E-state index < -0.39 is 0 Å². The number of phenols is 1. The summed E-state index contributed by atoms with van der Waals surface area (Å²) in [6, 6.07) is 4.27. The van der Waals surface area contributed by atoms with E-state index in [4.69, 9.17) is 4.74 Å². The van der Waals surface area contributed by atoms with Crippen LogP contribution in [0.4, 0.5) is 0 Å². The summed E-state index contributed by atoms with van der Waals surface area (Å²) in [4.78, 5) is 0. The highest BCUT2D eigenvalue weighted by Gasteiger charge is 2.19. The molecule has 0 radical (unpaired) electrons. The van der Waals surface area contributed by atoms with Crippen LogP contribution in [0.25, 0.3) is 0 Å². The van der Waals surface area contributed by atoms with Gasteiger partial charge in [0, 0.05) is 6.04 Å². The van der Waals surface area contributed by atoms with Crippen molar-refractivity contribution in [3.8, 4) is 11.5 Å². The van der Waals surface area contributed by atoms with Gasteiger partial charge in [-0.3, -0.25) is 0 Å². The van der Waals surface area contributed by atoms with Gasteiger partial charge in [0.15, 0.2) is 11.5 Å². The Balaban J connectivity index is 2.31. The smallest absolute Gasteiger partial charge is 0.172 e. The molecule has 0 bridgehead atoms. The van der Waals surface area contributed by atoms with Gasteiger partial charge in [0.05, 0.1) is 11.1 Å². The lowest BCUT2D eigenvalue weighted by atomic mass is 10.0. The molecule has 1 atom stereocenters. The lowest BCUT2D eigenvalue weighted by molar-refractivity contribution is 0.316. The molecule has 2 rings (SSSR count). The quantitative estimate of drug-likeness (QED) is 0.897. The molecule has 0 aromatic heterocycles. The number of rotatable bonds is 3. The summed E-state index contributed by atoms with van der Waals surface area (Å²) in [5.41, 5.74) is 1.17. The number of nitrogens with one attached hydrogen (secondary N) is 1. The van der Waals surface area contributed by atoms with Crippen molar-refractivity contribution in [3.05, 3.63) is 22.2 Å². The van der Waals surface area contributed by atoms with Crippen LogP contribution in [0.2, 0.25) is 0 Å². The summed E-state index contributed by atoms with van der Waals surface area (Å²) in [5.74, 6) is 0.740. The van der Waals surface area contributed by atoms with Crippen molar-refractivity contribution in [2.75, 3.05) is 13.2 Å². The molecule has 88 valence electrons. The maximum Gasteiger partial charge on any atom is 0.172 e. The third-order valence-corrected chi connectivity index (χ3v) is 3.42. The zero-order valence-corrected chi connectivity index (χ0v) is 10.9. The van der Waals surface area contributed by atoms with Crippen LogP contribution in [0.1, 0.15) is 31.4 Å². The monoisotopic (exact) mass is 285 g/mol. The van der Waals surface area contributed by atoms with E-state index in [1.807, 2.05) is 19.1 Å². The van der Waals surface area contributed by atoms with E-state index >= 15 is 0 Å². The molecule has 0 saturated carbocycles. The molecule has 3 nitrogen and oxygen atoms in total. The van der Waals surface area contributed by atoms with E-state index in [2.05, 4.69) is 21.2 Å². The molecular formula is C12H16BrNO2. The molecule has 0 aliphatic carbocycles. The molecule has 1 unspecified atom stereocenters. The highest BCUT2D eigenvalue weighted by Crippen LogP contribution is 2.38. The Morgan fingerprint density at radius 1 is 1.56 bits per heavy atom. The van der Waals surface area contributed by atoms with Crippen molar-refractivity contribution in [1.29, 1.82) is 0 Å². The van der Waals surface area contributed by atoms with Crippen molar-refractivity contribution in [2.45, 2.75) is 25.8 Å². The van der Waals surface area contributed by atoms with Crippen LogP contribution in [0.5, 0.6) is 11.5 Å². The molecule has 1 saturated heterocycles. The molecule has 4 heteroatoms. The molecule has 1 heterocycles. The number of halogens is 1. The van der Waals surface area contributed by atoms with Gasteiger partial charge < -0.3 is 15.2 Å². The summed E-state index contributed by atoms with van der Waals surface area (Å²) in [6.07, 6.45) is 2.34. The maximum atomic E-state index is 9.80.